The fraction of sp³-hybridized carbons (Fsp3) is 0.462. The van der Waals surface area contributed by atoms with E-state index in [1.54, 1.807) is 31.4 Å². The van der Waals surface area contributed by atoms with Gasteiger partial charge in [0.1, 0.15) is 18.3 Å². The van der Waals surface area contributed by atoms with E-state index in [1.165, 1.54) is 4.90 Å². The van der Waals surface area contributed by atoms with Crippen LogP contribution in [0.4, 0.5) is 5.69 Å². The molecule has 0 aromatic heterocycles. The molecular formula is C26H37N3O5S. The average Bonchev–Trinajstić information content (AvgIpc) is 2.79. The lowest BCUT2D eigenvalue weighted by molar-refractivity contribution is -0.140. The Bertz CT molecular complexity index is 1100. The Labute approximate surface area is 209 Å². The number of carbonyl (C=O) groups is 2. The number of carbonyl (C=O) groups excluding carboxylic acids is 2. The molecule has 8 nitrogen and oxygen atoms in total. The summed E-state index contributed by atoms with van der Waals surface area (Å²) in [4.78, 5) is 28.1. The van der Waals surface area contributed by atoms with Crippen molar-refractivity contribution in [1.29, 1.82) is 0 Å². The van der Waals surface area contributed by atoms with E-state index in [4.69, 9.17) is 4.74 Å². The van der Waals surface area contributed by atoms with Crippen molar-refractivity contribution in [2.45, 2.75) is 53.1 Å². The topological polar surface area (TPSA) is 96.0 Å². The molecule has 2 rings (SSSR count). The Balaban J connectivity index is 2.44. The number of benzene rings is 2. The van der Waals surface area contributed by atoms with Crippen molar-refractivity contribution in [3.63, 3.8) is 0 Å². The molecule has 0 spiro atoms. The van der Waals surface area contributed by atoms with Crippen LogP contribution in [-0.2, 0) is 26.2 Å². The number of hydrogen-bond donors (Lipinski definition) is 1. The predicted octanol–water partition coefficient (Wildman–Crippen LogP) is 3.41. The van der Waals surface area contributed by atoms with E-state index < -0.39 is 28.5 Å². The van der Waals surface area contributed by atoms with Crippen molar-refractivity contribution in [3.05, 3.63) is 59.2 Å². The fourth-order valence-corrected chi connectivity index (χ4v) is 4.75. The molecule has 0 heterocycles. The second-order valence-corrected chi connectivity index (χ2v) is 10.6. The largest absolute Gasteiger partial charge is 0.497 e. The first-order valence-electron chi connectivity index (χ1n) is 11.8. The maximum Gasteiger partial charge on any atom is 0.244 e. The van der Waals surface area contributed by atoms with Gasteiger partial charge in [0.2, 0.25) is 21.8 Å². The van der Waals surface area contributed by atoms with Crippen LogP contribution in [0.25, 0.3) is 0 Å². The van der Waals surface area contributed by atoms with Crippen molar-refractivity contribution in [1.82, 2.24) is 10.2 Å². The van der Waals surface area contributed by atoms with Crippen LogP contribution in [0.3, 0.4) is 0 Å². The second kappa shape index (κ2) is 12.6. The monoisotopic (exact) mass is 503 g/mol. The van der Waals surface area contributed by atoms with Gasteiger partial charge in [-0.05, 0) is 67.6 Å². The first kappa shape index (κ1) is 28.2. The van der Waals surface area contributed by atoms with E-state index in [1.807, 2.05) is 45.9 Å². The zero-order valence-corrected chi connectivity index (χ0v) is 22.3. The first-order chi connectivity index (χ1) is 16.5. The number of sulfonamides is 1. The summed E-state index contributed by atoms with van der Waals surface area (Å²) in [6.45, 7) is 7.79. The van der Waals surface area contributed by atoms with Crippen LogP contribution in [0.2, 0.25) is 0 Å². The lowest BCUT2D eigenvalue weighted by Crippen LogP contribution is -2.52. The normalized spacial score (nSPS) is 12.1. The van der Waals surface area contributed by atoms with Gasteiger partial charge in [0.05, 0.1) is 19.1 Å². The van der Waals surface area contributed by atoms with Crippen LogP contribution in [-0.4, -0.2) is 57.6 Å². The van der Waals surface area contributed by atoms with Gasteiger partial charge in [-0.15, -0.1) is 0 Å². The number of aryl methyl sites for hydroxylation is 2. The summed E-state index contributed by atoms with van der Waals surface area (Å²) < 4.78 is 31.8. The number of rotatable bonds is 12. The summed E-state index contributed by atoms with van der Waals surface area (Å²) in [5.74, 6) is -0.0326. The van der Waals surface area contributed by atoms with Crippen LogP contribution in [0, 0.1) is 13.8 Å². The molecule has 1 atom stereocenters. The number of anilines is 1. The molecule has 0 aliphatic rings. The highest BCUT2D eigenvalue weighted by Crippen LogP contribution is 2.23. The third-order valence-electron chi connectivity index (χ3n) is 5.62. The quantitative estimate of drug-likeness (QED) is 0.479. The minimum Gasteiger partial charge on any atom is -0.497 e. The van der Waals surface area contributed by atoms with Crippen molar-refractivity contribution < 1.29 is 22.7 Å². The molecule has 0 unspecified atom stereocenters. The summed E-state index contributed by atoms with van der Waals surface area (Å²) in [7, 11) is -2.19. The molecule has 0 bridgehead atoms. The van der Waals surface area contributed by atoms with E-state index in [9.17, 15) is 18.0 Å². The lowest BCUT2D eigenvalue weighted by Gasteiger charge is -2.33. The van der Waals surface area contributed by atoms with Gasteiger partial charge in [-0.25, -0.2) is 8.42 Å². The molecule has 0 saturated carbocycles. The summed E-state index contributed by atoms with van der Waals surface area (Å²) in [6.07, 6.45) is 2.24. The van der Waals surface area contributed by atoms with Crippen molar-refractivity contribution in [2.24, 2.45) is 0 Å². The minimum atomic E-state index is -3.76. The van der Waals surface area contributed by atoms with Gasteiger partial charge in [0.25, 0.3) is 0 Å². The number of hydrogen-bond acceptors (Lipinski definition) is 5. The van der Waals surface area contributed by atoms with Gasteiger partial charge in [0, 0.05) is 13.1 Å². The summed E-state index contributed by atoms with van der Waals surface area (Å²) >= 11 is 0. The predicted molar refractivity (Wildman–Crippen MR) is 139 cm³/mol. The smallest absolute Gasteiger partial charge is 0.244 e. The zero-order valence-electron chi connectivity index (χ0n) is 21.5. The summed E-state index contributed by atoms with van der Waals surface area (Å²) in [5.41, 5.74) is 3.01. The maximum atomic E-state index is 13.7. The zero-order chi connectivity index (χ0) is 26.2. The van der Waals surface area contributed by atoms with Crippen molar-refractivity contribution in [3.8, 4) is 5.75 Å². The van der Waals surface area contributed by atoms with E-state index in [0.717, 1.165) is 33.7 Å². The highest BCUT2D eigenvalue weighted by Gasteiger charge is 2.31. The Morgan fingerprint density at radius 2 is 1.63 bits per heavy atom. The number of nitrogens with zero attached hydrogens (tertiary/aromatic N) is 2. The van der Waals surface area contributed by atoms with Gasteiger partial charge < -0.3 is 15.0 Å². The Morgan fingerprint density at radius 3 is 2.11 bits per heavy atom. The van der Waals surface area contributed by atoms with Gasteiger partial charge in [-0.1, -0.05) is 32.0 Å². The Hall–Kier alpha value is -3.07. The van der Waals surface area contributed by atoms with Crippen LogP contribution in [0.15, 0.2) is 42.5 Å². The molecule has 1 N–H and O–H groups in total. The number of nitrogens with one attached hydrogen (secondary N) is 1. The van der Waals surface area contributed by atoms with Crippen molar-refractivity contribution >= 4 is 27.5 Å². The SMILES string of the molecule is CCCNC(=O)[C@H](CC)N(Cc1ccc(OC)cc1)C(=O)CN(c1cc(C)cc(C)c1)S(C)(=O)=O. The second-order valence-electron chi connectivity index (χ2n) is 8.70. The standard InChI is InChI=1S/C26H37N3O5S/c1-7-13-27-26(31)24(8-2)28(17-21-9-11-23(34-5)12-10-21)25(30)18-29(35(6,32)33)22-15-19(3)14-20(4)16-22/h9-12,14-16,24H,7-8,13,17-18H2,1-6H3,(H,27,31)/t24-/m0/s1. The average molecular weight is 504 g/mol. The van der Waals surface area contributed by atoms with Gasteiger partial charge in [-0.2, -0.15) is 0 Å². The van der Waals surface area contributed by atoms with Crippen LogP contribution in [0.1, 0.15) is 43.4 Å². The van der Waals surface area contributed by atoms with Crippen LogP contribution < -0.4 is 14.4 Å². The Kier molecular flexibility index (Phi) is 10.1. The van der Waals surface area contributed by atoms with E-state index in [0.29, 0.717) is 24.4 Å². The van der Waals surface area contributed by atoms with Gasteiger partial charge in [0.15, 0.2) is 0 Å². The third-order valence-corrected chi connectivity index (χ3v) is 6.76. The van der Waals surface area contributed by atoms with Crippen molar-refractivity contribution in [2.75, 3.05) is 30.8 Å². The highest BCUT2D eigenvalue weighted by atomic mass is 32.2. The van der Waals surface area contributed by atoms with Crippen LogP contribution >= 0.6 is 0 Å². The number of amides is 2. The molecule has 0 radical (unpaired) electrons. The molecule has 2 aromatic rings. The molecule has 0 aliphatic carbocycles. The molecule has 0 saturated heterocycles. The van der Waals surface area contributed by atoms with Crippen LogP contribution in [0.5, 0.6) is 5.75 Å². The van der Waals surface area contributed by atoms with E-state index in [-0.39, 0.29) is 12.5 Å². The lowest BCUT2D eigenvalue weighted by atomic mass is 10.1. The summed E-state index contributed by atoms with van der Waals surface area (Å²) in [6, 6.07) is 11.9. The van der Waals surface area contributed by atoms with Gasteiger partial charge >= 0.3 is 0 Å². The molecule has 0 fully saturated rings. The molecule has 9 heteroatoms. The summed E-state index contributed by atoms with van der Waals surface area (Å²) in [5, 5.41) is 2.87. The molecular weight excluding hydrogens is 466 g/mol. The number of methoxy groups -OCH3 is 1. The van der Waals surface area contributed by atoms with Gasteiger partial charge in [-0.3, -0.25) is 13.9 Å². The molecule has 35 heavy (non-hydrogen) atoms. The molecule has 2 aromatic carbocycles. The molecule has 192 valence electrons. The number of ether oxygens (including phenoxy) is 1. The fourth-order valence-electron chi connectivity index (χ4n) is 3.92. The first-order valence-corrected chi connectivity index (χ1v) is 13.6. The van der Waals surface area contributed by atoms with E-state index >= 15 is 0 Å². The molecule has 2 amide bonds. The maximum absolute atomic E-state index is 13.7. The third kappa shape index (κ3) is 7.99. The highest BCUT2D eigenvalue weighted by molar-refractivity contribution is 7.92. The molecule has 0 aliphatic heterocycles. The van der Waals surface area contributed by atoms with E-state index in [2.05, 4.69) is 5.32 Å². The Morgan fingerprint density at radius 1 is 1.03 bits per heavy atom. The minimum absolute atomic E-state index is 0.158.